The Hall–Kier alpha value is -2.54. The molecule has 2 aromatic heterocycles. The summed E-state index contributed by atoms with van der Waals surface area (Å²) in [5, 5.41) is 12.5. The number of aromatic amines is 1. The van der Waals surface area contributed by atoms with Crippen LogP contribution in [0.2, 0.25) is 0 Å². The number of hydrogen-bond acceptors (Lipinski definition) is 5. The molecule has 2 aromatic rings. The van der Waals surface area contributed by atoms with Gasteiger partial charge >= 0.3 is 0 Å². The smallest absolute Gasteiger partial charge is 0.254 e. The summed E-state index contributed by atoms with van der Waals surface area (Å²) in [5.41, 5.74) is 0.764. The Morgan fingerprint density at radius 1 is 1.43 bits per heavy atom. The number of carbonyl (C=O) groups excluding carboxylic acids is 1. The number of nitrogens with one attached hydrogen (secondary N) is 2. The van der Waals surface area contributed by atoms with Crippen LogP contribution in [0.4, 0.5) is 0 Å². The number of aliphatic hydroxyl groups is 1. The lowest BCUT2D eigenvalue weighted by Crippen LogP contribution is -2.42. The van der Waals surface area contributed by atoms with E-state index in [1.54, 1.807) is 6.20 Å². The molecule has 23 heavy (non-hydrogen) atoms. The molecule has 120 valence electrons. The molecule has 1 aliphatic carbocycles. The number of pyridine rings is 1. The first-order chi connectivity index (χ1) is 11.1. The molecular formula is C16H18N4O3. The van der Waals surface area contributed by atoms with Crippen molar-refractivity contribution < 1.29 is 9.90 Å². The Balaban J connectivity index is 1.72. The van der Waals surface area contributed by atoms with Crippen LogP contribution in [0.5, 0.6) is 0 Å². The Labute approximate surface area is 132 Å². The van der Waals surface area contributed by atoms with Crippen LogP contribution in [-0.4, -0.2) is 32.1 Å². The highest BCUT2D eigenvalue weighted by Crippen LogP contribution is 2.37. The minimum Gasteiger partial charge on any atom is -0.393 e. The van der Waals surface area contributed by atoms with Gasteiger partial charge in [0.1, 0.15) is 0 Å². The van der Waals surface area contributed by atoms with E-state index in [0.717, 1.165) is 5.69 Å². The molecule has 7 nitrogen and oxygen atoms in total. The SMILES string of the molecule is O=C(Cc1cnc[nH]c1=O)N[C@@H](c1ccccn1)C1CC(O)C1. The average molecular weight is 314 g/mol. The van der Waals surface area contributed by atoms with Gasteiger partial charge in [-0.1, -0.05) is 6.07 Å². The van der Waals surface area contributed by atoms with Gasteiger partial charge in [0.05, 0.1) is 30.6 Å². The highest BCUT2D eigenvalue weighted by Gasteiger charge is 2.36. The number of amides is 1. The first-order valence-electron chi connectivity index (χ1n) is 7.53. The first kappa shape index (κ1) is 15.4. The van der Waals surface area contributed by atoms with E-state index >= 15 is 0 Å². The van der Waals surface area contributed by atoms with Gasteiger partial charge in [-0.3, -0.25) is 14.6 Å². The van der Waals surface area contributed by atoms with Gasteiger partial charge in [0.2, 0.25) is 5.91 Å². The molecule has 0 unspecified atom stereocenters. The molecule has 0 bridgehead atoms. The van der Waals surface area contributed by atoms with E-state index < -0.39 is 0 Å². The van der Waals surface area contributed by atoms with Crippen LogP contribution in [0.1, 0.15) is 30.1 Å². The minimum absolute atomic E-state index is 0.0399. The van der Waals surface area contributed by atoms with Gasteiger partial charge in [-0.2, -0.15) is 0 Å². The summed E-state index contributed by atoms with van der Waals surface area (Å²) in [6.45, 7) is 0. The second-order valence-corrected chi connectivity index (χ2v) is 5.77. The standard InChI is InChI=1S/C16H18N4O3/c21-12-5-10(6-12)15(13-3-1-2-4-18-13)20-14(22)7-11-8-17-9-19-16(11)23/h1-4,8-10,12,15,21H,5-7H2,(H,20,22)(H,17,19,23)/t10?,12?,15-/m1/s1. The lowest BCUT2D eigenvalue weighted by Gasteiger charge is -2.37. The Morgan fingerprint density at radius 3 is 2.91 bits per heavy atom. The van der Waals surface area contributed by atoms with E-state index in [9.17, 15) is 14.7 Å². The Kier molecular flexibility index (Phi) is 4.47. The number of hydrogen-bond donors (Lipinski definition) is 3. The van der Waals surface area contributed by atoms with Gasteiger partial charge < -0.3 is 15.4 Å². The maximum atomic E-state index is 12.3. The van der Waals surface area contributed by atoms with Crippen LogP contribution in [-0.2, 0) is 11.2 Å². The van der Waals surface area contributed by atoms with Gasteiger partial charge in [-0.15, -0.1) is 0 Å². The Bertz CT molecular complexity index is 725. The van der Waals surface area contributed by atoms with Gasteiger partial charge in [-0.25, -0.2) is 4.98 Å². The van der Waals surface area contributed by atoms with Crippen LogP contribution >= 0.6 is 0 Å². The number of rotatable bonds is 5. The molecule has 1 aliphatic rings. The van der Waals surface area contributed by atoms with Gasteiger partial charge in [-0.05, 0) is 30.9 Å². The molecule has 7 heteroatoms. The van der Waals surface area contributed by atoms with Crippen LogP contribution in [0.15, 0.2) is 41.7 Å². The molecule has 0 radical (unpaired) electrons. The monoisotopic (exact) mass is 314 g/mol. The van der Waals surface area contributed by atoms with Crippen molar-refractivity contribution in [2.24, 2.45) is 5.92 Å². The van der Waals surface area contributed by atoms with Crippen LogP contribution in [0, 0.1) is 5.92 Å². The van der Waals surface area contributed by atoms with Crippen LogP contribution in [0.3, 0.4) is 0 Å². The molecule has 1 amide bonds. The van der Waals surface area contributed by atoms with E-state index in [1.165, 1.54) is 12.5 Å². The lowest BCUT2D eigenvalue weighted by molar-refractivity contribution is -0.122. The molecule has 3 N–H and O–H groups in total. The van der Waals surface area contributed by atoms with Gasteiger partial charge in [0, 0.05) is 18.0 Å². The lowest BCUT2D eigenvalue weighted by atomic mass is 9.76. The third-order valence-corrected chi connectivity index (χ3v) is 4.09. The summed E-state index contributed by atoms with van der Waals surface area (Å²) in [6.07, 6.45) is 5.27. The van der Waals surface area contributed by atoms with E-state index in [2.05, 4.69) is 20.3 Å². The second-order valence-electron chi connectivity index (χ2n) is 5.77. The third-order valence-electron chi connectivity index (χ3n) is 4.09. The summed E-state index contributed by atoms with van der Waals surface area (Å²) >= 11 is 0. The fourth-order valence-electron chi connectivity index (χ4n) is 2.79. The van der Waals surface area contributed by atoms with Gasteiger partial charge in [0.25, 0.3) is 5.56 Å². The average Bonchev–Trinajstić information content (AvgIpc) is 2.53. The van der Waals surface area contributed by atoms with E-state index in [-0.39, 0.29) is 36.0 Å². The molecule has 3 rings (SSSR count). The van der Waals surface area contributed by atoms with E-state index in [4.69, 9.17) is 0 Å². The van der Waals surface area contributed by atoms with Crippen molar-refractivity contribution in [2.75, 3.05) is 0 Å². The van der Waals surface area contributed by atoms with Crippen molar-refractivity contribution in [3.63, 3.8) is 0 Å². The predicted molar refractivity (Wildman–Crippen MR) is 82.4 cm³/mol. The molecule has 1 fully saturated rings. The van der Waals surface area contributed by atoms with E-state index in [0.29, 0.717) is 18.4 Å². The molecule has 1 saturated carbocycles. The number of carbonyl (C=O) groups is 1. The zero-order chi connectivity index (χ0) is 16.2. The topological polar surface area (TPSA) is 108 Å². The third kappa shape index (κ3) is 3.62. The van der Waals surface area contributed by atoms with Crippen LogP contribution in [0.25, 0.3) is 0 Å². The zero-order valence-electron chi connectivity index (χ0n) is 12.5. The Morgan fingerprint density at radius 2 is 2.26 bits per heavy atom. The predicted octanol–water partition coefficient (Wildman–Crippen LogP) is 0.336. The normalized spacial score (nSPS) is 21.3. The molecule has 0 saturated heterocycles. The number of aromatic nitrogens is 3. The molecular weight excluding hydrogens is 296 g/mol. The fraction of sp³-hybridized carbons (Fsp3) is 0.375. The molecule has 2 heterocycles. The number of aliphatic hydroxyl groups excluding tert-OH is 1. The van der Waals surface area contributed by atoms with Crippen molar-refractivity contribution in [2.45, 2.75) is 31.4 Å². The minimum atomic E-state index is -0.316. The summed E-state index contributed by atoms with van der Waals surface area (Å²) in [6, 6.07) is 5.27. The molecule has 0 spiro atoms. The maximum Gasteiger partial charge on any atom is 0.254 e. The van der Waals surface area contributed by atoms with Gasteiger partial charge in [0.15, 0.2) is 0 Å². The number of nitrogens with zero attached hydrogens (tertiary/aromatic N) is 2. The van der Waals surface area contributed by atoms with Crippen molar-refractivity contribution >= 4 is 5.91 Å². The summed E-state index contributed by atoms with van der Waals surface area (Å²) in [4.78, 5) is 34.5. The molecule has 0 aliphatic heterocycles. The summed E-state index contributed by atoms with van der Waals surface area (Å²) < 4.78 is 0. The van der Waals surface area contributed by atoms with Crippen molar-refractivity contribution in [1.82, 2.24) is 20.3 Å². The number of H-pyrrole nitrogens is 1. The highest BCUT2D eigenvalue weighted by molar-refractivity contribution is 5.78. The first-order valence-corrected chi connectivity index (χ1v) is 7.53. The fourth-order valence-corrected chi connectivity index (χ4v) is 2.79. The molecule has 0 aromatic carbocycles. The van der Waals surface area contributed by atoms with E-state index in [1.807, 2.05) is 18.2 Å². The molecule has 1 atom stereocenters. The van der Waals surface area contributed by atoms with Crippen molar-refractivity contribution in [3.05, 3.63) is 58.5 Å². The largest absolute Gasteiger partial charge is 0.393 e. The summed E-state index contributed by atoms with van der Waals surface area (Å²) in [5.74, 6) is -0.114. The zero-order valence-corrected chi connectivity index (χ0v) is 12.5. The quantitative estimate of drug-likeness (QED) is 0.737. The van der Waals surface area contributed by atoms with Crippen LogP contribution < -0.4 is 10.9 Å². The summed E-state index contributed by atoms with van der Waals surface area (Å²) in [7, 11) is 0. The maximum absolute atomic E-state index is 12.3. The second kappa shape index (κ2) is 6.70. The van der Waals surface area contributed by atoms with Crippen molar-refractivity contribution in [1.29, 1.82) is 0 Å². The van der Waals surface area contributed by atoms with Crippen molar-refractivity contribution in [3.8, 4) is 0 Å². The highest BCUT2D eigenvalue weighted by atomic mass is 16.3.